The van der Waals surface area contributed by atoms with Gasteiger partial charge in [-0.25, -0.2) is 17.5 Å². The van der Waals surface area contributed by atoms with Crippen LogP contribution in [0.4, 0.5) is 10.1 Å². The summed E-state index contributed by atoms with van der Waals surface area (Å²) in [5.41, 5.74) is 5.01. The molecule has 1 aromatic carbocycles. The number of nitrogen functional groups attached to an aromatic ring is 1. The Bertz CT molecular complexity index is 577. The molecule has 0 aliphatic heterocycles. The number of hydrogen-bond acceptors (Lipinski definition) is 4. The Morgan fingerprint density at radius 3 is 2.67 bits per heavy atom. The normalized spacial score (nSPS) is 11.3. The smallest absolute Gasteiger partial charge is 0.242 e. The van der Waals surface area contributed by atoms with Crippen molar-refractivity contribution in [1.82, 2.24) is 10.0 Å². The molecule has 1 amide bonds. The van der Waals surface area contributed by atoms with Gasteiger partial charge in [0.15, 0.2) is 0 Å². The van der Waals surface area contributed by atoms with Crippen LogP contribution in [0.15, 0.2) is 21.5 Å². The van der Waals surface area contributed by atoms with Gasteiger partial charge in [-0.1, -0.05) is 0 Å². The summed E-state index contributed by atoms with van der Waals surface area (Å²) in [5, 5.41) is 2.26. The van der Waals surface area contributed by atoms with Crippen LogP contribution in [-0.4, -0.2) is 27.9 Å². The number of amides is 1. The quantitative estimate of drug-likeness (QED) is 0.681. The highest BCUT2D eigenvalue weighted by molar-refractivity contribution is 9.10. The van der Waals surface area contributed by atoms with Crippen molar-refractivity contribution < 1.29 is 17.6 Å². The lowest BCUT2D eigenvalue weighted by Gasteiger charge is -2.09. The molecule has 0 unspecified atom stereocenters. The minimum atomic E-state index is -3.94. The zero-order valence-electron chi connectivity index (χ0n) is 9.33. The fraction of sp³-hybridized carbons (Fsp3) is 0.222. The van der Waals surface area contributed by atoms with E-state index in [9.17, 15) is 17.6 Å². The summed E-state index contributed by atoms with van der Waals surface area (Å²) in [6.45, 7) is -0.414. The van der Waals surface area contributed by atoms with Crippen molar-refractivity contribution in [2.75, 3.05) is 19.3 Å². The Morgan fingerprint density at radius 1 is 1.50 bits per heavy atom. The first-order valence-electron chi connectivity index (χ1n) is 4.72. The van der Waals surface area contributed by atoms with Crippen LogP contribution in [-0.2, 0) is 14.8 Å². The second-order valence-electron chi connectivity index (χ2n) is 3.30. The number of sulfonamides is 1. The summed E-state index contributed by atoms with van der Waals surface area (Å²) in [5.74, 6) is -1.23. The van der Waals surface area contributed by atoms with E-state index in [1.807, 2.05) is 0 Å². The average molecular weight is 340 g/mol. The molecule has 0 bridgehead atoms. The molecule has 1 rings (SSSR count). The highest BCUT2D eigenvalue weighted by atomic mass is 79.9. The summed E-state index contributed by atoms with van der Waals surface area (Å²) < 4.78 is 38.8. The molecule has 18 heavy (non-hydrogen) atoms. The van der Waals surface area contributed by atoms with Crippen molar-refractivity contribution in [3.8, 4) is 0 Å². The molecule has 6 nitrogen and oxygen atoms in total. The number of likely N-dealkylation sites (N-methyl/N-ethyl adjacent to an activating group) is 1. The number of halogens is 2. The molecule has 0 radical (unpaired) electrons. The van der Waals surface area contributed by atoms with E-state index in [0.717, 1.165) is 12.1 Å². The summed E-state index contributed by atoms with van der Waals surface area (Å²) in [4.78, 5) is 10.7. The first-order valence-corrected chi connectivity index (χ1v) is 7.00. The topological polar surface area (TPSA) is 101 Å². The molecule has 0 fully saturated rings. The van der Waals surface area contributed by atoms with Gasteiger partial charge in [-0.2, -0.15) is 0 Å². The van der Waals surface area contributed by atoms with Crippen molar-refractivity contribution in [3.05, 3.63) is 22.4 Å². The van der Waals surface area contributed by atoms with Gasteiger partial charge < -0.3 is 11.1 Å². The zero-order chi connectivity index (χ0) is 13.9. The van der Waals surface area contributed by atoms with Crippen LogP contribution in [0, 0.1) is 5.82 Å². The van der Waals surface area contributed by atoms with Crippen molar-refractivity contribution in [3.63, 3.8) is 0 Å². The molecule has 0 saturated carbocycles. The molecule has 1 aromatic rings. The van der Waals surface area contributed by atoms with Gasteiger partial charge in [-0.3, -0.25) is 4.79 Å². The van der Waals surface area contributed by atoms with Crippen LogP contribution < -0.4 is 15.8 Å². The number of anilines is 1. The van der Waals surface area contributed by atoms with Gasteiger partial charge in [0.25, 0.3) is 0 Å². The predicted molar refractivity (Wildman–Crippen MR) is 67.8 cm³/mol. The Balaban J connectivity index is 3.06. The van der Waals surface area contributed by atoms with Gasteiger partial charge in [0, 0.05) is 11.5 Å². The molecule has 0 aliphatic carbocycles. The third-order valence-corrected chi connectivity index (χ3v) is 4.40. The predicted octanol–water partition coefficient (Wildman–Crippen LogP) is 0.195. The highest BCUT2D eigenvalue weighted by Gasteiger charge is 2.20. The van der Waals surface area contributed by atoms with E-state index in [0.29, 0.717) is 0 Å². The molecule has 9 heteroatoms. The zero-order valence-corrected chi connectivity index (χ0v) is 11.7. The monoisotopic (exact) mass is 339 g/mol. The Morgan fingerprint density at radius 2 is 2.11 bits per heavy atom. The van der Waals surface area contributed by atoms with Gasteiger partial charge in [0.2, 0.25) is 15.9 Å². The van der Waals surface area contributed by atoms with Gasteiger partial charge in [-0.05, 0) is 28.1 Å². The minimum Gasteiger partial charge on any atom is -0.396 e. The van der Waals surface area contributed by atoms with Crippen LogP contribution in [0.2, 0.25) is 0 Å². The van der Waals surface area contributed by atoms with Crippen LogP contribution in [0.25, 0.3) is 0 Å². The van der Waals surface area contributed by atoms with E-state index in [2.05, 4.69) is 26.0 Å². The van der Waals surface area contributed by atoms with Crippen molar-refractivity contribution in [1.29, 1.82) is 0 Å². The standard InChI is InChI=1S/C9H11BrFN3O3S/c1-13-9(15)4-14-18(16,17)8-3-7(12)6(11)2-5(8)10/h2-3,14H,4,12H2,1H3,(H,13,15). The second kappa shape index (κ2) is 5.63. The second-order valence-corrected chi connectivity index (χ2v) is 5.89. The third kappa shape index (κ3) is 3.40. The average Bonchev–Trinajstić information content (AvgIpc) is 2.30. The van der Waals surface area contributed by atoms with Gasteiger partial charge in [-0.15, -0.1) is 0 Å². The first kappa shape index (κ1) is 14.9. The SMILES string of the molecule is CNC(=O)CNS(=O)(=O)c1cc(N)c(F)cc1Br. The Hall–Kier alpha value is -1.19. The third-order valence-electron chi connectivity index (χ3n) is 2.04. The van der Waals surface area contributed by atoms with Gasteiger partial charge >= 0.3 is 0 Å². The minimum absolute atomic E-state index is 0.0265. The summed E-state index contributed by atoms with van der Waals surface area (Å²) in [6, 6.07) is 1.93. The lowest BCUT2D eigenvalue weighted by molar-refractivity contribution is -0.119. The van der Waals surface area contributed by atoms with E-state index >= 15 is 0 Å². The Labute approximate surface area is 112 Å². The van der Waals surface area contributed by atoms with E-state index in [4.69, 9.17) is 5.73 Å². The van der Waals surface area contributed by atoms with Crippen LogP contribution in [0.3, 0.4) is 0 Å². The number of nitrogens with two attached hydrogens (primary N) is 1. The van der Waals surface area contributed by atoms with E-state index < -0.39 is 28.3 Å². The molecule has 4 N–H and O–H groups in total. The molecule has 0 atom stereocenters. The highest BCUT2D eigenvalue weighted by Crippen LogP contribution is 2.26. The fourth-order valence-electron chi connectivity index (χ4n) is 1.08. The van der Waals surface area contributed by atoms with Crippen LogP contribution >= 0.6 is 15.9 Å². The molecular weight excluding hydrogens is 329 g/mol. The number of carbonyl (C=O) groups is 1. The number of rotatable bonds is 4. The maximum atomic E-state index is 13.1. The summed E-state index contributed by atoms with van der Waals surface area (Å²) >= 11 is 2.93. The maximum absolute atomic E-state index is 13.1. The van der Waals surface area contributed by atoms with E-state index in [1.165, 1.54) is 7.05 Å². The van der Waals surface area contributed by atoms with Crippen molar-refractivity contribution in [2.24, 2.45) is 0 Å². The molecule has 0 spiro atoms. The molecule has 0 aromatic heterocycles. The number of nitrogens with one attached hydrogen (secondary N) is 2. The molecule has 0 heterocycles. The van der Waals surface area contributed by atoms with Crippen LogP contribution in [0.1, 0.15) is 0 Å². The van der Waals surface area contributed by atoms with Gasteiger partial charge in [0.05, 0.1) is 17.1 Å². The molecule has 100 valence electrons. The molecule has 0 saturated heterocycles. The van der Waals surface area contributed by atoms with E-state index in [1.54, 1.807) is 0 Å². The number of benzene rings is 1. The number of hydrogen-bond donors (Lipinski definition) is 3. The summed E-state index contributed by atoms with van der Waals surface area (Å²) in [6.07, 6.45) is 0. The van der Waals surface area contributed by atoms with Crippen molar-refractivity contribution in [2.45, 2.75) is 4.90 Å². The maximum Gasteiger partial charge on any atom is 0.242 e. The lowest BCUT2D eigenvalue weighted by Crippen LogP contribution is -2.35. The molecular formula is C9H11BrFN3O3S. The summed E-state index contributed by atoms with van der Waals surface area (Å²) in [7, 11) is -2.56. The Kier molecular flexibility index (Phi) is 4.65. The van der Waals surface area contributed by atoms with Crippen molar-refractivity contribution >= 4 is 37.5 Å². The lowest BCUT2D eigenvalue weighted by atomic mass is 10.3. The van der Waals surface area contributed by atoms with Gasteiger partial charge in [0.1, 0.15) is 5.82 Å². The fourth-order valence-corrected chi connectivity index (χ4v) is 3.11. The molecule has 0 aliphatic rings. The van der Waals surface area contributed by atoms with Crippen LogP contribution in [0.5, 0.6) is 0 Å². The first-order chi connectivity index (χ1) is 8.27. The largest absolute Gasteiger partial charge is 0.396 e. The number of carbonyl (C=O) groups excluding carboxylic acids is 1. The van der Waals surface area contributed by atoms with E-state index in [-0.39, 0.29) is 15.1 Å².